The molecule has 1 aromatic rings. The molecular formula is C9H12N4O4. The van der Waals surface area contributed by atoms with Gasteiger partial charge in [0.25, 0.3) is 5.09 Å². The molecule has 0 aliphatic rings. The number of carbonyl (C=O) groups excluding carboxylic acids is 1. The van der Waals surface area contributed by atoms with Crippen molar-refractivity contribution >= 4 is 17.4 Å². The molecule has 0 fully saturated rings. The first-order valence-corrected chi connectivity index (χ1v) is 4.37. The number of aliphatic imine (C=N–C) groups is 1. The molecule has 92 valence electrons. The summed E-state index contributed by atoms with van der Waals surface area (Å²) in [4.78, 5) is 23.2. The van der Waals surface area contributed by atoms with Gasteiger partial charge in [-0.1, -0.05) is 12.1 Å². The second-order valence-corrected chi connectivity index (χ2v) is 2.88. The van der Waals surface area contributed by atoms with Gasteiger partial charge in [-0.3, -0.25) is 4.79 Å². The van der Waals surface area contributed by atoms with Crippen LogP contribution in [0.5, 0.6) is 0 Å². The van der Waals surface area contributed by atoms with Crippen LogP contribution in [0.2, 0.25) is 0 Å². The zero-order valence-electron chi connectivity index (χ0n) is 9.03. The summed E-state index contributed by atoms with van der Waals surface area (Å²) >= 11 is 0. The Hall–Kier alpha value is -2.64. The number of hydrogen-bond donors (Lipinski definition) is 3. The first kappa shape index (κ1) is 14.4. The van der Waals surface area contributed by atoms with E-state index in [0.29, 0.717) is 11.3 Å². The Bertz CT molecular complexity index is 436. The standard InChI is InChI=1S/C9H11N3O.HNO3/c1-6(13)7-3-2-4-8(5-7)12-9(10)11;2-1(3)4/h2-5H,1H3,(H4,10,11,12);(H,2,3,4). The van der Waals surface area contributed by atoms with Crippen molar-refractivity contribution in [3.63, 3.8) is 0 Å². The molecular weight excluding hydrogens is 228 g/mol. The largest absolute Gasteiger partial charge is 0.370 e. The van der Waals surface area contributed by atoms with E-state index in [1.54, 1.807) is 24.3 Å². The van der Waals surface area contributed by atoms with Gasteiger partial charge in [-0.05, 0) is 19.1 Å². The van der Waals surface area contributed by atoms with Gasteiger partial charge in [0.1, 0.15) is 0 Å². The third-order valence-electron chi connectivity index (χ3n) is 1.51. The molecule has 0 saturated carbocycles. The van der Waals surface area contributed by atoms with Gasteiger partial charge >= 0.3 is 0 Å². The molecule has 1 rings (SSSR count). The molecule has 0 atom stereocenters. The highest BCUT2D eigenvalue weighted by molar-refractivity contribution is 5.95. The third-order valence-corrected chi connectivity index (χ3v) is 1.51. The first-order valence-electron chi connectivity index (χ1n) is 4.37. The summed E-state index contributed by atoms with van der Waals surface area (Å²) < 4.78 is 0. The smallest absolute Gasteiger partial charge is 0.291 e. The molecule has 17 heavy (non-hydrogen) atoms. The highest BCUT2D eigenvalue weighted by Gasteiger charge is 1.98. The molecule has 8 heteroatoms. The average Bonchev–Trinajstić information content (AvgIpc) is 2.16. The molecule has 0 bridgehead atoms. The lowest BCUT2D eigenvalue weighted by molar-refractivity contribution is -0.742. The van der Waals surface area contributed by atoms with Gasteiger partial charge in [0.15, 0.2) is 11.7 Å². The topological polar surface area (TPSA) is 145 Å². The Balaban J connectivity index is 0.000000557. The Morgan fingerprint density at radius 3 is 2.41 bits per heavy atom. The molecule has 0 aromatic heterocycles. The van der Waals surface area contributed by atoms with Gasteiger partial charge in [-0.25, -0.2) is 4.99 Å². The Kier molecular flexibility index (Phi) is 5.72. The monoisotopic (exact) mass is 240 g/mol. The summed E-state index contributed by atoms with van der Waals surface area (Å²) in [5.41, 5.74) is 11.6. The highest BCUT2D eigenvalue weighted by atomic mass is 16.9. The predicted molar refractivity (Wildman–Crippen MR) is 60.7 cm³/mol. The van der Waals surface area contributed by atoms with Crippen LogP contribution in [-0.2, 0) is 0 Å². The van der Waals surface area contributed by atoms with E-state index in [0.717, 1.165) is 0 Å². The number of nitrogens with two attached hydrogens (primary N) is 2. The third kappa shape index (κ3) is 7.31. The Morgan fingerprint density at radius 2 is 2.00 bits per heavy atom. The van der Waals surface area contributed by atoms with Gasteiger partial charge in [0, 0.05) is 5.56 Å². The van der Waals surface area contributed by atoms with Crippen LogP contribution < -0.4 is 11.5 Å². The molecule has 8 nitrogen and oxygen atoms in total. The molecule has 0 amide bonds. The summed E-state index contributed by atoms with van der Waals surface area (Å²) in [6.45, 7) is 1.49. The van der Waals surface area contributed by atoms with Crippen LogP contribution in [0, 0.1) is 10.1 Å². The van der Waals surface area contributed by atoms with Crippen molar-refractivity contribution in [1.82, 2.24) is 0 Å². The number of carbonyl (C=O) groups is 1. The quantitative estimate of drug-likeness (QED) is 0.225. The fraction of sp³-hybridized carbons (Fsp3) is 0.111. The van der Waals surface area contributed by atoms with Gasteiger partial charge in [-0.15, -0.1) is 10.1 Å². The summed E-state index contributed by atoms with van der Waals surface area (Å²) in [5.74, 6) is -0.0201. The molecule has 1 aromatic carbocycles. The fourth-order valence-corrected chi connectivity index (χ4v) is 0.944. The van der Waals surface area contributed by atoms with E-state index in [-0.39, 0.29) is 11.7 Å². The molecule has 0 heterocycles. The normalized spacial score (nSPS) is 8.53. The van der Waals surface area contributed by atoms with Crippen LogP contribution in [-0.4, -0.2) is 22.0 Å². The maximum absolute atomic E-state index is 11.0. The van der Waals surface area contributed by atoms with Gasteiger partial charge < -0.3 is 16.7 Å². The van der Waals surface area contributed by atoms with E-state index in [4.69, 9.17) is 26.8 Å². The van der Waals surface area contributed by atoms with Crippen LogP contribution in [0.1, 0.15) is 17.3 Å². The Labute approximate surface area is 96.7 Å². The average molecular weight is 240 g/mol. The van der Waals surface area contributed by atoms with Crippen LogP contribution >= 0.6 is 0 Å². The van der Waals surface area contributed by atoms with Crippen molar-refractivity contribution in [3.05, 3.63) is 39.9 Å². The SMILES string of the molecule is CC(=O)c1cccc(N=C(N)N)c1.O=[N+]([O-])O. The number of ketones is 1. The van der Waals surface area contributed by atoms with E-state index in [2.05, 4.69) is 4.99 Å². The van der Waals surface area contributed by atoms with E-state index in [1.807, 2.05) is 0 Å². The fourth-order valence-electron chi connectivity index (χ4n) is 0.944. The number of benzene rings is 1. The van der Waals surface area contributed by atoms with Crippen LogP contribution in [0.25, 0.3) is 0 Å². The maximum atomic E-state index is 11.0. The summed E-state index contributed by atoms with van der Waals surface area (Å²) in [5, 5.41) is 13.6. The lowest BCUT2D eigenvalue weighted by atomic mass is 10.1. The number of Topliss-reactive ketones (excluding diaryl/α,β-unsaturated/α-hetero) is 1. The summed E-state index contributed by atoms with van der Waals surface area (Å²) in [6.07, 6.45) is 0. The minimum atomic E-state index is -1.50. The predicted octanol–water partition coefficient (Wildman–Crippen LogP) is 0.446. The molecule has 0 saturated heterocycles. The zero-order valence-corrected chi connectivity index (χ0v) is 9.03. The van der Waals surface area contributed by atoms with Gasteiger partial charge in [0.2, 0.25) is 0 Å². The minimum absolute atomic E-state index is 0.00681. The lowest BCUT2D eigenvalue weighted by Gasteiger charge is -1.97. The number of hydrogen-bond acceptors (Lipinski definition) is 4. The van der Waals surface area contributed by atoms with Crippen molar-refractivity contribution in [2.24, 2.45) is 16.5 Å². The van der Waals surface area contributed by atoms with E-state index in [9.17, 15) is 4.79 Å². The van der Waals surface area contributed by atoms with Crippen LogP contribution in [0.15, 0.2) is 29.3 Å². The zero-order chi connectivity index (χ0) is 13.4. The van der Waals surface area contributed by atoms with Crippen molar-refractivity contribution in [2.75, 3.05) is 0 Å². The van der Waals surface area contributed by atoms with E-state index in [1.165, 1.54) is 6.92 Å². The highest BCUT2D eigenvalue weighted by Crippen LogP contribution is 2.13. The summed E-state index contributed by atoms with van der Waals surface area (Å²) in [7, 11) is 0. The van der Waals surface area contributed by atoms with Crippen LogP contribution in [0.3, 0.4) is 0 Å². The molecule has 0 unspecified atom stereocenters. The number of nitrogens with zero attached hydrogens (tertiary/aromatic N) is 2. The summed E-state index contributed by atoms with van der Waals surface area (Å²) in [6, 6.07) is 6.82. The maximum Gasteiger partial charge on any atom is 0.291 e. The van der Waals surface area contributed by atoms with Crippen molar-refractivity contribution < 1.29 is 15.1 Å². The number of guanidine groups is 1. The second kappa shape index (κ2) is 6.77. The van der Waals surface area contributed by atoms with Gasteiger partial charge in [0.05, 0.1) is 5.69 Å². The molecule has 0 aliphatic heterocycles. The van der Waals surface area contributed by atoms with Crippen molar-refractivity contribution in [1.29, 1.82) is 0 Å². The second-order valence-electron chi connectivity index (χ2n) is 2.88. The van der Waals surface area contributed by atoms with Gasteiger partial charge in [-0.2, -0.15) is 0 Å². The van der Waals surface area contributed by atoms with E-state index < -0.39 is 5.09 Å². The first-order chi connectivity index (χ1) is 7.82. The van der Waals surface area contributed by atoms with Crippen LogP contribution in [0.4, 0.5) is 5.69 Å². The van der Waals surface area contributed by atoms with Crippen molar-refractivity contribution in [2.45, 2.75) is 6.92 Å². The Morgan fingerprint density at radius 1 is 1.47 bits per heavy atom. The minimum Gasteiger partial charge on any atom is -0.370 e. The van der Waals surface area contributed by atoms with E-state index >= 15 is 0 Å². The molecule has 5 N–H and O–H groups in total. The van der Waals surface area contributed by atoms with Crippen molar-refractivity contribution in [3.8, 4) is 0 Å². The molecule has 0 spiro atoms. The molecule has 0 radical (unpaired) electrons. The number of rotatable bonds is 2. The molecule has 0 aliphatic carbocycles. The lowest BCUT2D eigenvalue weighted by Crippen LogP contribution is -2.21.